The molecule has 1 atom stereocenters. The van der Waals surface area contributed by atoms with E-state index in [0.29, 0.717) is 29.1 Å². The summed E-state index contributed by atoms with van der Waals surface area (Å²) in [5.74, 6) is -0.948. The Morgan fingerprint density at radius 1 is 1.10 bits per heavy atom. The van der Waals surface area contributed by atoms with Gasteiger partial charge in [-0.1, -0.05) is 56.3 Å². The maximum Gasteiger partial charge on any atom is 0.340 e. The Bertz CT molecular complexity index is 1690. The largest absolute Gasteiger partial charge is 0.449 e. The summed E-state index contributed by atoms with van der Waals surface area (Å²) in [4.78, 5) is 35.4. The lowest BCUT2D eigenvalue weighted by molar-refractivity contribution is -0.124. The van der Waals surface area contributed by atoms with Gasteiger partial charge in [0.25, 0.3) is 5.91 Å². The number of likely N-dealkylation sites (N-methyl/N-ethyl adjacent to an activating group) is 1. The molecule has 202 valence electrons. The molecule has 0 fully saturated rings. The fourth-order valence-electron chi connectivity index (χ4n) is 5.80. The van der Waals surface area contributed by atoms with Crippen molar-refractivity contribution in [2.75, 3.05) is 18.4 Å². The van der Waals surface area contributed by atoms with Crippen LogP contribution in [0.2, 0.25) is 0 Å². The molecule has 2 aliphatic rings. The third-order valence-corrected chi connectivity index (χ3v) is 9.13. The average Bonchev–Trinajstić information content (AvgIpc) is 3.35. The SMILES string of the molecule is CCC(OC(=O)c1c2c(nc3ccccc13)CCN(CC)C2)C(=O)Nc1sc2c(c1C#N)CCc1ccccc1-2. The Balaban J connectivity index is 1.29. The number of rotatable bonds is 6. The first-order valence-electron chi connectivity index (χ1n) is 13.8. The van der Waals surface area contributed by atoms with Gasteiger partial charge in [0.05, 0.1) is 16.6 Å². The highest BCUT2D eigenvalue weighted by atomic mass is 32.1. The Morgan fingerprint density at radius 3 is 2.70 bits per heavy atom. The van der Waals surface area contributed by atoms with Crippen molar-refractivity contribution in [3.05, 3.63) is 82.0 Å². The number of pyridine rings is 1. The lowest BCUT2D eigenvalue weighted by Gasteiger charge is -2.29. The molecule has 1 unspecified atom stereocenters. The zero-order valence-corrected chi connectivity index (χ0v) is 23.4. The van der Waals surface area contributed by atoms with Gasteiger partial charge in [0, 0.05) is 41.0 Å². The number of hydrogen-bond donors (Lipinski definition) is 1. The molecular weight excluding hydrogens is 520 g/mol. The number of amides is 1. The zero-order valence-electron chi connectivity index (χ0n) is 22.6. The Hall–Kier alpha value is -4.06. The highest BCUT2D eigenvalue weighted by Crippen LogP contribution is 2.45. The van der Waals surface area contributed by atoms with Gasteiger partial charge in [0.1, 0.15) is 11.1 Å². The fraction of sp³-hybridized carbons (Fsp3) is 0.312. The molecule has 0 saturated heterocycles. The van der Waals surface area contributed by atoms with Crippen LogP contribution in [0.1, 0.15) is 58.6 Å². The van der Waals surface area contributed by atoms with Crippen LogP contribution in [0.25, 0.3) is 21.3 Å². The first kappa shape index (κ1) is 26.2. The zero-order chi connectivity index (χ0) is 27.8. The topological polar surface area (TPSA) is 95.3 Å². The normalized spacial score (nSPS) is 14.9. The van der Waals surface area contributed by atoms with Crippen LogP contribution in [-0.4, -0.2) is 41.0 Å². The highest BCUT2D eigenvalue weighted by Gasteiger charge is 2.31. The van der Waals surface area contributed by atoms with Crippen LogP contribution in [0.15, 0.2) is 48.5 Å². The van der Waals surface area contributed by atoms with Crippen molar-refractivity contribution >= 4 is 39.1 Å². The van der Waals surface area contributed by atoms with Crippen LogP contribution in [-0.2, 0) is 35.3 Å². The van der Waals surface area contributed by atoms with E-state index in [-0.39, 0.29) is 0 Å². The summed E-state index contributed by atoms with van der Waals surface area (Å²) < 4.78 is 5.92. The maximum absolute atomic E-state index is 13.8. The molecule has 3 heterocycles. The third-order valence-electron chi connectivity index (χ3n) is 7.95. The predicted molar refractivity (Wildman–Crippen MR) is 156 cm³/mol. The average molecular weight is 551 g/mol. The van der Waals surface area contributed by atoms with E-state index in [1.807, 2.05) is 43.3 Å². The Labute approximate surface area is 237 Å². The Kier molecular flexibility index (Phi) is 7.09. The molecule has 2 aromatic heterocycles. The number of ether oxygens (including phenoxy) is 1. The van der Waals surface area contributed by atoms with E-state index in [0.717, 1.165) is 70.5 Å². The monoisotopic (exact) mass is 550 g/mol. The van der Waals surface area contributed by atoms with Crippen molar-refractivity contribution in [3.63, 3.8) is 0 Å². The van der Waals surface area contributed by atoms with E-state index in [2.05, 4.69) is 35.3 Å². The predicted octanol–water partition coefficient (Wildman–Crippen LogP) is 5.89. The van der Waals surface area contributed by atoms with E-state index in [9.17, 15) is 14.9 Å². The molecule has 6 rings (SSSR count). The van der Waals surface area contributed by atoms with E-state index >= 15 is 0 Å². The van der Waals surface area contributed by atoms with Gasteiger partial charge < -0.3 is 10.1 Å². The molecular formula is C32H30N4O3S. The molecule has 4 aromatic rings. The van der Waals surface area contributed by atoms with Crippen LogP contribution in [0.5, 0.6) is 0 Å². The van der Waals surface area contributed by atoms with Gasteiger partial charge >= 0.3 is 5.97 Å². The number of aryl methyl sites for hydroxylation is 1. The lowest BCUT2D eigenvalue weighted by Crippen LogP contribution is -2.35. The van der Waals surface area contributed by atoms with Crippen molar-refractivity contribution < 1.29 is 14.3 Å². The summed E-state index contributed by atoms with van der Waals surface area (Å²) in [5, 5.41) is 14.2. The summed E-state index contributed by atoms with van der Waals surface area (Å²) >= 11 is 1.42. The maximum atomic E-state index is 13.8. The number of carbonyl (C=O) groups excluding carboxylic acids is 2. The summed E-state index contributed by atoms with van der Waals surface area (Å²) in [6.45, 7) is 6.30. The summed E-state index contributed by atoms with van der Waals surface area (Å²) in [5.41, 5.74) is 6.86. The van der Waals surface area contributed by atoms with Crippen LogP contribution < -0.4 is 5.32 Å². The molecule has 8 heteroatoms. The second-order valence-electron chi connectivity index (χ2n) is 10.2. The number of hydrogen-bond acceptors (Lipinski definition) is 7. The number of carbonyl (C=O) groups is 2. The molecule has 0 bridgehead atoms. The second kappa shape index (κ2) is 10.8. The lowest BCUT2D eigenvalue weighted by atomic mass is 9.90. The molecule has 1 N–H and O–H groups in total. The number of nitrogens with one attached hydrogen (secondary N) is 1. The van der Waals surface area contributed by atoms with Gasteiger partial charge in [-0.15, -0.1) is 11.3 Å². The number of fused-ring (bicyclic) bond motifs is 5. The second-order valence-corrected chi connectivity index (χ2v) is 11.2. The summed E-state index contributed by atoms with van der Waals surface area (Å²) in [6.07, 6.45) is 1.67. The molecule has 0 saturated carbocycles. The molecule has 2 aromatic carbocycles. The van der Waals surface area contributed by atoms with Crippen LogP contribution in [0.3, 0.4) is 0 Å². The smallest absolute Gasteiger partial charge is 0.340 e. The molecule has 1 aliphatic carbocycles. The number of aromatic nitrogens is 1. The van der Waals surface area contributed by atoms with Gasteiger partial charge in [0.15, 0.2) is 6.10 Å². The van der Waals surface area contributed by atoms with E-state index in [1.165, 1.54) is 16.9 Å². The summed E-state index contributed by atoms with van der Waals surface area (Å²) in [6, 6.07) is 18.1. The van der Waals surface area contributed by atoms with Crippen molar-refractivity contribution in [2.45, 2.75) is 52.2 Å². The minimum atomic E-state index is -1.00. The number of para-hydroxylation sites is 1. The highest BCUT2D eigenvalue weighted by molar-refractivity contribution is 7.20. The molecule has 1 amide bonds. The quantitative estimate of drug-likeness (QED) is 0.301. The van der Waals surface area contributed by atoms with Crippen LogP contribution in [0, 0.1) is 11.3 Å². The number of benzene rings is 2. The van der Waals surface area contributed by atoms with E-state index in [4.69, 9.17) is 9.72 Å². The minimum Gasteiger partial charge on any atom is -0.449 e. The number of esters is 1. The van der Waals surface area contributed by atoms with Crippen molar-refractivity contribution in [3.8, 4) is 16.5 Å². The van der Waals surface area contributed by atoms with Crippen LogP contribution >= 0.6 is 11.3 Å². The third kappa shape index (κ3) is 4.55. The molecule has 40 heavy (non-hydrogen) atoms. The summed E-state index contributed by atoms with van der Waals surface area (Å²) in [7, 11) is 0. The molecule has 1 aliphatic heterocycles. The first-order chi connectivity index (χ1) is 19.5. The van der Waals surface area contributed by atoms with Gasteiger partial charge in [0.2, 0.25) is 0 Å². The van der Waals surface area contributed by atoms with Crippen molar-refractivity contribution in [1.29, 1.82) is 5.26 Å². The van der Waals surface area contributed by atoms with Crippen molar-refractivity contribution in [2.24, 2.45) is 0 Å². The fourth-order valence-corrected chi connectivity index (χ4v) is 7.06. The number of nitriles is 1. The number of thiophene rings is 1. The number of nitrogens with zero attached hydrogens (tertiary/aromatic N) is 3. The molecule has 7 nitrogen and oxygen atoms in total. The number of anilines is 1. The van der Waals surface area contributed by atoms with E-state index < -0.39 is 18.0 Å². The van der Waals surface area contributed by atoms with Crippen molar-refractivity contribution in [1.82, 2.24) is 9.88 Å². The molecule has 0 radical (unpaired) electrons. The van der Waals surface area contributed by atoms with E-state index in [1.54, 1.807) is 0 Å². The van der Waals surface area contributed by atoms with Crippen LogP contribution in [0.4, 0.5) is 5.00 Å². The standard InChI is InChI=1S/C32H30N4O3S/c1-3-27(30(37)35-31-23(17-33)21-14-13-19-9-5-6-10-20(19)29(21)40-31)39-32(38)28-22-11-7-8-12-25(22)34-26-15-16-36(4-2)18-24(26)28/h5-12,27H,3-4,13-16,18H2,1-2H3,(H,35,37). The van der Waals surface area contributed by atoms with Gasteiger partial charge in [-0.3, -0.25) is 14.7 Å². The van der Waals surface area contributed by atoms with Gasteiger partial charge in [-0.05, 0) is 48.6 Å². The Morgan fingerprint density at radius 2 is 1.90 bits per heavy atom. The van der Waals surface area contributed by atoms with Gasteiger partial charge in [-0.25, -0.2) is 4.79 Å². The first-order valence-corrected chi connectivity index (χ1v) is 14.6. The molecule has 0 spiro atoms. The minimum absolute atomic E-state index is 0.305. The van der Waals surface area contributed by atoms with Gasteiger partial charge in [-0.2, -0.15) is 5.26 Å².